The number of aromatic nitrogens is 1. The zero-order valence-electron chi connectivity index (χ0n) is 15.3. The molecule has 0 aliphatic heterocycles. The van der Waals surface area contributed by atoms with Gasteiger partial charge in [0.05, 0.1) is 5.69 Å². The molecule has 2 N–H and O–H groups in total. The van der Waals surface area contributed by atoms with Crippen molar-refractivity contribution in [3.8, 4) is 5.75 Å². The van der Waals surface area contributed by atoms with Crippen LogP contribution in [0, 0.1) is 0 Å². The molecule has 29 heavy (non-hydrogen) atoms. The third-order valence-corrected chi connectivity index (χ3v) is 4.64. The summed E-state index contributed by atoms with van der Waals surface area (Å²) in [6, 6.07) is 23.1. The summed E-state index contributed by atoms with van der Waals surface area (Å²) in [6.45, 7) is -0.177. The SMILES string of the molecule is O=C(COc1ccccc1)Nc1c(C(=O)c2ccccc2)[nH]c2cc(Cl)ccc12. The molecule has 5 nitrogen and oxygen atoms in total. The Morgan fingerprint density at radius 1 is 0.931 bits per heavy atom. The number of hydrogen-bond donors (Lipinski definition) is 2. The third kappa shape index (κ3) is 4.15. The number of halogens is 1. The van der Waals surface area contributed by atoms with Gasteiger partial charge in [0.25, 0.3) is 5.91 Å². The van der Waals surface area contributed by atoms with Crippen LogP contribution in [0.2, 0.25) is 5.02 Å². The number of carbonyl (C=O) groups excluding carboxylic acids is 2. The Hall–Kier alpha value is -3.57. The van der Waals surface area contributed by atoms with Gasteiger partial charge < -0.3 is 15.0 Å². The van der Waals surface area contributed by atoms with Crippen molar-refractivity contribution in [1.82, 2.24) is 4.98 Å². The van der Waals surface area contributed by atoms with E-state index in [1.165, 1.54) is 0 Å². The molecule has 0 fully saturated rings. The molecule has 6 heteroatoms. The fourth-order valence-corrected chi connectivity index (χ4v) is 3.22. The van der Waals surface area contributed by atoms with Crippen molar-refractivity contribution in [2.45, 2.75) is 0 Å². The predicted molar refractivity (Wildman–Crippen MR) is 114 cm³/mol. The van der Waals surface area contributed by atoms with Crippen LogP contribution in [0.3, 0.4) is 0 Å². The van der Waals surface area contributed by atoms with Gasteiger partial charge >= 0.3 is 0 Å². The molecule has 0 aliphatic carbocycles. The molecule has 0 atom stereocenters. The Morgan fingerprint density at radius 3 is 2.34 bits per heavy atom. The predicted octanol–water partition coefficient (Wildman–Crippen LogP) is 5.07. The average molecular weight is 405 g/mol. The summed E-state index contributed by atoms with van der Waals surface area (Å²) >= 11 is 6.09. The van der Waals surface area contributed by atoms with Crippen LogP contribution < -0.4 is 10.1 Å². The highest BCUT2D eigenvalue weighted by Crippen LogP contribution is 2.31. The molecule has 0 unspecified atom stereocenters. The molecule has 3 aromatic carbocycles. The van der Waals surface area contributed by atoms with E-state index in [1.54, 1.807) is 54.6 Å². The molecule has 4 rings (SSSR count). The standard InChI is InChI=1S/C23H17ClN2O3/c24-16-11-12-18-19(13-16)25-22(23(28)15-7-3-1-4-8-15)21(18)26-20(27)14-29-17-9-5-2-6-10-17/h1-13,25H,14H2,(H,26,27). The van der Waals surface area contributed by atoms with Crippen molar-refractivity contribution in [3.05, 3.63) is 95.1 Å². The minimum Gasteiger partial charge on any atom is -0.484 e. The average Bonchev–Trinajstić information content (AvgIpc) is 3.10. The van der Waals surface area contributed by atoms with E-state index in [1.807, 2.05) is 24.3 Å². The van der Waals surface area contributed by atoms with Crippen molar-refractivity contribution < 1.29 is 14.3 Å². The second kappa shape index (κ2) is 8.20. The van der Waals surface area contributed by atoms with E-state index in [-0.39, 0.29) is 18.3 Å². The minimum absolute atomic E-state index is 0.177. The van der Waals surface area contributed by atoms with Gasteiger partial charge in [-0.15, -0.1) is 0 Å². The number of rotatable bonds is 6. The summed E-state index contributed by atoms with van der Waals surface area (Å²) in [5.74, 6) is -0.00189. The molecular formula is C23H17ClN2O3. The third-order valence-electron chi connectivity index (χ3n) is 4.40. The molecule has 0 aliphatic rings. The lowest BCUT2D eigenvalue weighted by Crippen LogP contribution is -2.21. The van der Waals surface area contributed by atoms with Crippen LogP contribution >= 0.6 is 11.6 Å². The highest BCUT2D eigenvalue weighted by Gasteiger charge is 2.21. The number of hydrogen-bond acceptors (Lipinski definition) is 3. The number of benzene rings is 3. The lowest BCUT2D eigenvalue weighted by Gasteiger charge is -2.09. The smallest absolute Gasteiger partial charge is 0.262 e. The number of carbonyl (C=O) groups is 2. The normalized spacial score (nSPS) is 10.7. The first-order valence-corrected chi connectivity index (χ1v) is 9.38. The van der Waals surface area contributed by atoms with E-state index in [0.717, 1.165) is 0 Å². The highest BCUT2D eigenvalue weighted by molar-refractivity contribution is 6.31. The molecule has 0 saturated heterocycles. The van der Waals surface area contributed by atoms with Gasteiger partial charge in [0, 0.05) is 21.5 Å². The van der Waals surface area contributed by atoms with Gasteiger partial charge in [-0.25, -0.2) is 0 Å². The van der Waals surface area contributed by atoms with Crippen molar-refractivity contribution in [1.29, 1.82) is 0 Å². The molecular weight excluding hydrogens is 388 g/mol. The molecule has 1 amide bonds. The number of anilines is 1. The monoisotopic (exact) mass is 404 g/mol. The molecule has 144 valence electrons. The summed E-state index contributed by atoms with van der Waals surface area (Å²) < 4.78 is 5.50. The first-order valence-electron chi connectivity index (χ1n) is 9.00. The second-order valence-corrected chi connectivity index (χ2v) is 6.85. The van der Waals surface area contributed by atoms with Crippen LogP contribution in [0.15, 0.2) is 78.9 Å². The Labute approximate surface area is 172 Å². The van der Waals surface area contributed by atoms with E-state index in [0.29, 0.717) is 38.6 Å². The number of ketones is 1. The summed E-state index contributed by atoms with van der Waals surface area (Å²) in [7, 11) is 0. The maximum Gasteiger partial charge on any atom is 0.262 e. The Balaban J connectivity index is 1.64. The van der Waals surface area contributed by atoms with Gasteiger partial charge in [-0.1, -0.05) is 60.1 Å². The van der Waals surface area contributed by atoms with Crippen LogP contribution in [-0.4, -0.2) is 23.3 Å². The van der Waals surface area contributed by atoms with Crippen LogP contribution in [-0.2, 0) is 4.79 Å². The molecule has 4 aromatic rings. The quantitative estimate of drug-likeness (QED) is 0.441. The van der Waals surface area contributed by atoms with Crippen LogP contribution in [0.1, 0.15) is 16.1 Å². The number of aromatic amines is 1. The molecule has 1 aromatic heterocycles. The second-order valence-electron chi connectivity index (χ2n) is 6.41. The summed E-state index contributed by atoms with van der Waals surface area (Å²) in [5, 5.41) is 4.04. The maximum atomic E-state index is 13.0. The van der Waals surface area contributed by atoms with Crippen LogP contribution in [0.25, 0.3) is 10.9 Å². The van der Waals surface area contributed by atoms with E-state index < -0.39 is 0 Å². The molecule has 0 saturated carbocycles. The zero-order chi connectivity index (χ0) is 20.2. The lowest BCUT2D eigenvalue weighted by molar-refractivity contribution is -0.118. The van der Waals surface area contributed by atoms with E-state index in [9.17, 15) is 9.59 Å². The van der Waals surface area contributed by atoms with Crippen molar-refractivity contribution in [3.63, 3.8) is 0 Å². The van der Waals surface area contributed by atoms with Gasteiger partial charge in [0.2, 0.25) is 5.78 Å². The Bertz CT molecular complexity index is 1170. The van der Waals surface area contributed by atoms with Gasteiger partial charge in [0.1, 0.15) is 11.4 Å². The van der Waals surface area contributed by atoms with Gasteiger partial charge in [0.15, 0.2) is 6.61 Å². The number of H-pyrrole nitrogens is 1. The summed E-state index contributed by atoms with van der Waals surface area (Å²) in [4.78, 5) is 28.6. The van der Waals surface area contributed by atoms with Crippen LogP contribution in [0.5, 0.6) is 5.75 Å². The van der Waals surface area contributed by atoms with Gasteiger partial charge in [-0.3, -0.25) is 9.59 Å². The molecule has 0 spiro atoms. The van der Waals surface area contributed by atoms with Gasteiger partial charge in [-0.05, 0) is 30.3 Å². The van der Waals surface area contributed by atoms with Crippen molar-refractivity contribution in [2.24, 2.45) is 0 Å². The van der Waals surface area contributed by atoms with Crippen molar-refractivity contribution >= 4 is 39.9 Å². The Morgan fingerprint density at radius 2 is 1.62 bits per heavy atom. The molecule has 1 heterocycles. The zero-order valence-corrected chi connectivity index (χ0v) is 16.1. The van der Waals surface area contributed by atoms with E-state index in [4.69, 9.17) is 16.3 Å². The molecule has 0 radical (unpaired) electrons. The first kappa shape index (κ1) is 18.8. The largest absolute Gasteiger partial charge is 0.484 e. The fourth-order valence-electron chi connectivity index (χ4n) is 3.04. The van der Waals surface area contributed by atoms with E-state index >= 15 is 0 Å². The number of para-hydroxylation sites is 1. The maximum absolute atomic E-state index is 13.0. The number of fused-ring (bicyclic) bond motifs is 1. The van der Waals surface area contributed by atoms with Gasteiger partial charge in [-0.2, -0.15) is 0 Å². The number of ether oxygens (including phenoxy) is 1. The minimum atomic E-state index is -0.369. The van der Waals surface area contributed by atoms with E-state index in [2.05, 4.69) is 10.3 Å². The summed E-state index contributed by atoms with van der Waals surface area (Å²) in [5.41, 5.74) is 1.88. The summed E-state index contributed by atoms with van der Waals surface area (Å²) in [6.07, 6.45) is 0. The first-order chi connectivity index (χ1) is 14.1. The van der Waals surface area contributed by atoms with Crippen molar-refractivity contribution in [2.75, 3.05) is 11.9 Å². The lowest BCUT2D eigenvalue weighted by atomic mass is 10.1. The Kier molecular flexibility index (Phi) is 5.31. The highest BCUT2D eigenvalue weighted by atomic mass is 35.5. The topological polar surface area (TPSA) is 71.2 Å². The fraction of sp³-hybridized carbons (Fsp3) is 0.0435. The number of nitrogens with one attached hydrogen (secondary N) is 2. The molecule has 0 bridgehead atoms. The van der Waals surface area contributed by atoms with Crippen LogP contribution in [0.4, 0.5) is 5.69 Å². The number of amides is 1.